The van der Waals surface area contributed by atoms with Gasteiger partial charge in [0.05, 0.1) is 12.3 Å². The van der Waals surface area contributed by atoms with Crippen LogP contribution in [0.25, 0.3) is 0 Å². The molecular weight excluding hydrogens is 404 g/mol. The van der Waals surface area contributed by atoms with Gasteiger partial charge in [0.1, 0.15) is 0 Å². The third-order valence-electron chi connectivity index (χ3n) is 6.73. The van der Waals surface area contributed by atoms with Gasteiger partial charge in [-0.2, -0.15) is 4.98 Å². The Balaban J connectivity index is 1.59. The van der Waals surface area contributed by atoms with E-state index in [1.807, 2.05) is 49.1 Å². The molecule has 2 aromatic rings. The van der Waals surface area contributed by atoms with Crippen LogP contribution in [0.5, 0.6) is 0 Å². The predicted octanol–water partition coefficient (Wildman–Crippen LogP) is 3.82. The number of rotatable bonds is 4. The van der Waals surface area contributed by atoms with Crippen molar-refractivity contribution in [3.63, 3.8) is 0 Å². The molecule has 2 aliphatic rings. The quantitative estimate of drug-likeness (QED) is 0.784. The minimum atomic E-state index is -0.257. The second kappa shape index (κ2) is 10.3. The summed E-state index contributed by atoms with van der Waals surface area (Å²) in [6.07, 6.45) is 5.73. The number of benzene rings is 1. The second-order valence-electron chi connectivity index (χ2n) is 9.44. The largest absolute Gasteiger partial charge is 0.356 e. The van der Waals surface area contributed by atoms with E-state index >= 15 is 0 Å². The maximum Gasteiger partial charge on any atom is 0.229 e. The molecule has 1 saturated carbocycles. The maximum atomic E-state index is 13.4. The van der Waals surface area contributed by atoms with Gasteiger partial charge in [-0.3, -0.25) is 9.59 Å². The molecule has 2 amide bonds. The topological polar surface area (TPSA) is 88.3 Å². The highest BCUT2D eigenvalue weighted by atomic mass is 16.5. The van der Waals surface area contributed by atoms with Crippen molar-refractivity contribution in [3.8, 4) is 0 Å². The number of fused-ring (bicyclic) bond motifs is 1. The number of carbonyl (C=O) groups excluding carboxylic acids is 2. The van der Waals surface area contributed by atoms with Gasteiger partial charge in [-0.15, -0.1) is 0 Å². The number of hydrogen-bond acceptors (Lipinski definition) is 5. The predicted molar refractivity (Wildman–Crippen MR) is 121 cm³/mol. The lowest BCUT2D eigenvalue weighted by Gasteiger charge is -2.33. The molecular formula is C25H34N4O3. The molecule has 3 unspecified atom stereocenters. The average Bonchev–Trinajstić information content (AvgIpc) is 3.43. The molecule has 172 valence electrons. The summed E-state index contributed by atoms with van der Waals surface area (Å²) >= 11 is 0. The second-order valence-corrected chi connectivity index (χ2v) is 9.44. The van der Waals surface area contributed by atoms with E-state index in [4.69, 9.17) is 4.52 Å². The van der Waals surface area contributed by atoms with Gasteiger partial charge in [-0.05, 0) is 31.2 Å². The van der Waals surface area contributed by atoms with Gasteiger partial charge in [0.25, 0.3) is 0 Å². The van der Waals surface area contributed by atoms with Gasteiger partial charge in [0.2, 0.25) is 17.7 Å². The Hall–Kier alpha value is -2.70. The SMILES string of the molecule is CC(C)c1noc(C2CC3C(=O)NCCCCCCN(C(=O)Cc4ccccc4)C3C2)n1. The van der Waals surface area contributed by atoms with Gasteiger partial charge < -0.3 is 14.7 Å². The molecule has 7 heteroatoms. The monoisotopic (exact) mass is 438 g/mol. The van der Waals surface area contributed by atoms with E-state index in [2.05, 4.69) is 15.5 Å². The zero-order chi connectivity index (χ0) is 22.5. The highest BCUT2D eigenvalue weighted by molar-refractivity contribution is 5.83. The highest BCUT2D eigenvalue weighted by Crippen LogP contribution is 2.41. The van der Waals surface area contributed by atoms with Crippen LogP contribution < -0.4 is 5.32 Å². The number of aromatic nitrogens is 2. The maximum absolute atomic E-state index is 13.4. The third kappa shape index (κ3) is 5.19. The Morgan fingerprint density at radius 3 is 2.69 bits per heavy atom. The number of carbonyl (C=O) groups is 2. The van der Waals surface area contributed by atoms with Crippen LogP contribution in [-0.4, -0.2) is 46.0 Å². The van der Waals surface area contributed by atoms with Crippen molar-refractivity contribution in [1.29, 1.82) is 0 Å². The van der Waals surface area contributed by atoms with Crippen LogP contribution in [0.3, 0.4) is 0 Å². The van der Waals surface area contributed by atoms with E-state index in [0.717, 1.165) is 31.2 Å². The number of nitrogens with one attached hydrogen (secondary N) is 1. The first-order chi connectivity index (χ1) is 15.5. The fourth-order valence-electron chi connectivity index (χ4n) is 4.94. The lowest BCUT2D eigenvalue weighted by molar-refractivity contribution is -0.136. The van der Waals surface area contributed by atoms with Crippen molar-refractivity contribution in [3.05, 3.63) is 47.6 Å². The van der Waals surface area contributed by atoms with Crippen molar-refractivity contribution < 1.29 is 14.1 Å². The molecule has 4 rings (SSSR count). The molecule has 1 saturated heterocycles. The molecule has 0 bridgehead atoms. The summed E-state index contributed by atoms with van der Waals surface area (Å²) in [6.45, 7) is 5.45. The fourth-order valence-corrected chi connectivity index (χ4v) is 4.94. The van der Waals surface area contributed by atoms with E-state index in [0.29, 0.717) is 44.1 Å². The number of hydrogen-bond donors (Lipinski definition) is 1. The Morgan fingerprint density at radius 1 is 1.16 bits per heavy atom. The van der Waals surface area contributed by atoms with Crippen LogP contribution in [0.2, 0.25) is 0 Å². The summed E-state index contributed by atoms with van der Waals surface area (Å²) in [7, 11) is 0. The van der Waals surface area contributed by atoms with Crippen LogP contribution in [0.1, 0.15) is 81.5 Å². The van der Waals surface area contributed by atoms with Gasteiger partial charge in [-0.25, -0.2) is 0 Å². The van der Waals surface area contributed by atoms with Crippen molar-refractivity contribution in [2.75, 3.05) is 13.1 Å². The number of amides is 2. The van der Waals surface area contributed by atoms with Crippen LogP contribution in [-0.2, 0) is 16.0 Å². The molecule has 0 spiro atoms. The van der Waals surface area contributed by atoms with Crippen molar-refractivity contribution in [1.82, 2.24) is 20.4 Å². The molecule has 1 aromatic heterocycles. The highest BCUT2D eigenvalue weighted by Gasteiger charge is 2.45. The molecule has 3 atom stereocenters. The summed E-state index contributed by atoms with van der Waals surface area (Å²) in [5.41, 5.74) is 1.00. The van der Waals surface area contributed by atoms with E-state index < -0.39 is 0 Å². The Kier molecular flexibility index (Phi) is 7.22. The lowest BCUT2D eigenvalue weighted by Crippen LogP contribution is -2.47. The fraction of sp³-hybridized carbons (Fsp3) is 0.600. The normalized spacial score (nSPS) is 24.7. The zero-order valence-corrected chi connectivity index (χ0v) is 19.1. The summed E-state index contributed by atoms with van der Waals surface area (Å²) in [6, 6.07) is 9.69. The molecule has 2 heterocycles. The standard InChI is InChI=1S/C25H34N4O3/c1-17(2)23-27-25(32-28-23)19-15-20-21(16-19)29(13-9-4-3-8-12-26-24(20)31)22(30)14-18-10-6-5-7-11-18/h5-7,10-11,17,19-21H,3-4,8-9,12-16H2,1-2H3,(H,26,31). The minimum absolute atomic E-state index is 0.00860. The summed E-state index contributed by atoms with van der Waals surface area (Å²) in [5, 5.41) is 7.23. The molecule has 1 aliphatic heterocycles. The van der Waals surface area contributed by atoms with Crippen molar-refractivity contribution in [2.24, 2.45) is 5.92 Å². The molecule has 7 nitrogen and oxygen atoms in total. The third-order valence-corrected chi connectivity index (χ3v) is 6.73. The molecule has 2 fully saturated rings. The minimum Gasteiger partial charge on any atom is -0.356 e. The lowest BCUT2D eigenvalue weighted by atomic mass is 9.99. The van der Waals surface area contributed by atoms with E-state index in [9.17, 15) is 9.59 Å². The van der Waals surface area contributed by atoms with Gasteiger partial charge >= 0.3 is 0 Å². The van der Waals surface area contributed by atoms with Crippen LogP contribution in [0, 0.1) is 5.92 Å². The molecule has 1 aromatic carbocycles. The summed E-state index contributed by atoms with van der Waals surface area (Å²) < 4.78 is 5.58. The molecule has 0 radical (unpaired) electrons. The van der Waals surface area contributed by atoms with Crippen LogP contribution in [0.15, 0.2) is 34.9 Å². The van der Waals surface area contributed by atoms with E-state index in [1.165, 1.54) is 0 Å². The van der Waals surface area contributed by atoms with Crippen molar-refractivity contribution in [2.45, 2.75) is 76.7 Å². The summed E-state index contributed by atoms with van der Waals surface area (Å²) in [4.78, 5) is 33.1. The van der Waals surface area contributed by atoms with Crippen LogP contribution in [0.4, 0.5) is 0 Å². The molecule has 1 aliphatic carbocycles. The Labute approximate surface area is 189 Å². The van der Waals surface area contributed by atoms with Gasteiger partial charge in [-0.1, -0.05) is 62.2 Å². The van der Waals surface area contributed by atoms with Crippen molar-refractivity contribution >= 4 is 11.8 Å². The first-order valence-electron chi connectivity index (χ1n) is 12.0. The first kappa shape index (κ1) is 22.5. The van der Waals surface area contributed by atoms with Crippen LogP contribution >= 0.6 is 0 Å². The van der Waals surface area contributed by atoms with E-state index in [1.54, 1.807) is 0 Å². The molecule has 1 N–H and O–H groups in total. The van der Waals surface area contributed by atoms with Gasteiger partial charge in [0.15, 0.2) is 5.82 Å². The van der Waals surface area contributed by atoms with E-state index in [-0.39, 0.29) is 35.6 Å². The average molecular weight is 439 g/mol. The van der Waals surface area contributed by atoms with Gasteiger partial charge in [0, 0.05) is 31.0 Å². The number of nitrogens with zero attached hydrogens (tertiary/aromatic N) is 3. The first-order valence-corrected chi connectivity index (χ1v) is 12.0. The zero-order valence-electron chi connectivity index (χ0n) is 19.1. The Morgan fingerprint density at radius 2 is 1.94 bits per heavy atom. The Bertz CT molecular complexity index is 911. The summed E-state index contributed by atoms with van der Waals surface area (Å²) in [5.74, 6) is 1.34. The smallest absolute Gasteiger partial charge is 0.229 e. The molecule has 32 heavy (non-hydrogen) atoms.